The van der Waals surface area contributed by atoms with Crippen molar-refractivity contribution in [1.29, 1.82) is 0 Å². The summed E-state index contributed by atoms with van der Waals surface area (Å²) in [7, 11) is 0. The van der Waals surface area contributed by atoms with Gasteiger partial charge in [-0.3, -0.25) is 5.10 Å². The molecule has 11 heavy (non-hydrogen) atoms. The second-order valence-corrected chi connectivity index (χ2v) is 1.72. The minimum absolute atomic E-state index is 0.718. The molecule has 0 bridgehead atoms. The third-order valence-corrected chi connectivity index (χ3v) is 1.00. The van der Waals surface area contributed by atoms with E-state index in [0.29, 0.717) is 0 Å². The van der Waals surface area contributed by atoms with Gasteiger partial charge < -0.3 is 0 Å². The first-order valence-electron chi connectivity index (χ1n) is 2.49. The molecule has 0 spiro atoms. The zero-order chi connectivity index (χ0) is 8.48. The van der Waals surface area contributed by atoms with Gasteiger partial charge in [-0.05, 0) is 5.18 Å². The summed E-state index contributed by atoms with van der Waals surface area (Å²) in [6, 6.07) is 0. The van der Waals surface area contributed by atoms with Gasteiger partial charge in [0.25, 0.3) is 0 Å². The Hall–Kier alpha value is -1.40. The van der Waals surface area contributed by atoms with Crippen LogP contribution < -0.4 is 0 Å². The molecule has 0 aromatic carbocycles. The van der Waals surface area contributed by atoms with Crippen molar-refractivity contribution in [3.05, 3.63) is 16.8 Å². The topological polar surface area (TPSA) is 58.1 Å². The number of aromatic amines is 1. The number of nitrogens with zero attached hydrogens (tertiary/aromatic N) is 2. The lowest BCUT2D eigenvalue weighted by Crippen LogP contribution is -2.05. The normalized spacial score (nSPS) is 11.5. The van der Waals surface area contributed by atoms with E-state index in [-0.39, 0.29) is 0 Å². The van der Waals surface area contributed by atoms with Crippen molar-refractivity contribution < 1.29 is 13.2 Å². The maximum atomic E-state index is 11.8. The van der Waals surface area contributed by atoms with E-state index in [0.717, 1.165) is 6.20 Å². The SMILES string of the molecule is O=Nc1cn[nH]c1C(F)(F)F. The van der Waals surface area contributed by atoms with Gasteiger partial charge in [0.2, 0.25) is 0 Å². The van der Waals surface area contributed by atoms with Crippen LogP contribution in [0.15, 0.2) is 11.4 Å². The Morgan fingerprint density at radius 1 is 1.55 bits per heavy atom. The summed E-state index contributed by atoms with van der Waals surface area (Å²) in [6.45, 7) is 0. The molecule has 0 aliphatic carbocycles. The van der Waals surface area contributed by atoms with E-state index in [1.54, 1.807) is 5.10 Å². The number of hydrogen-bond acceptors (Lipinski definition) is 3. The molecule has 7 heteroatoms. The maximum absolute atomic E-state index is 11.8. The monoisotopic (exact) mass is 165 g/mol. The molecular formula is C4H2F3N3O. The lowest BCUT2D eigenvalue weighted by molar-refractivity contribution is -0.140. The van der Waals surface area contributed by atoms with Crippen molar-refractivity contribution in [2.24, 2.45) is 5.18 Å². The number of rotatable bonds is 1. The molecular weight excluding hydrogens is 163 g/mol. The summed E-state index contributed by atoms with van der Waals surface area (Å²) in [5.41, 5.74) is -1.94. The van der Waals surface area contributed by atoms with Crippen molar-refractivity contribution in [2.75, 3.05) is 0 Å². The third-order valence-electron chi connectivity index (χ3n) is 1.00. The Morgan fingerprint density at radius 3 is 2.55 bits per heavy atom. The number of hydrogen-bond donors (Lipinski definition) is 1. The fraction of sp³-hybridized carbons (Fsp3) is 0.250. The molecule has 1 rings (SSSR count). The van der Waals surface area contributed by atoms with Gasteiger partial charge in [0.1, 0.15) is 0 Å². The Bertz CT molecular complexity index is 266. The molecule has 1 aromatic heterocycles. The quantitative estimate of drug-likeness (QED) is 0.645. The molecule has 0 unspecified atom stereocenters. The number of halogens is 3. The molecule has 4 nitrogen and oxygen atoms in total. The number of nitrogens with one attached hydrogen (secondary N) is 1. The van der Waals surface area contributed by atoms with Crippen molar-refractivity contribution in [3.8, 4) is 0 Å². The highest BCUT2D eigenvalue weighted by Crippen LogP contribution is 2.33. The first-order chi connectivity index (χ1) is 5.05. The van der Waals surface area contributed by atoms with E-state index in [4.69, 9.17) is 0 Å². The average Bonchev–Trinajstić information content (AvgIpc) is 2.31. The molecule has 60 valence electrons. The molecule has 0 aliphatic rings. The zero-order valence-electron chi connectivity index (χ0n) is 5.01. The standard InChI is InChI=1S/C4H2F3N3O/c5-4(6,7)3-2(10-11)1-8-9-3/h1H,(H,8,9). The highest BCUT2D eigenvalue weighted by molar-refractivity contribution is 5.40. The first-order valence-corrected chi connectivity index (χ1v) is 2.49. The molecule has 0 aliphatic heterocycles. The lowest BCUT2D eigenvalue weighted by atomic mass is 10.4. The predicted molar refractivity (Wildman–Crippen MR) is 29.0 cm³/mol. The summed E-state index contributed by atoms with van der Waals surface area (Å²) >= 11 is 0. The molecule has 1 aromatic rings. The molecule has 0 amide bonds. The van der Waals surface area contributed by atoms with Crippen LogP contribution in [0.1, 0.15) is 5.69 Å². The van der Waals surface area contributed by atoms with E-state index in [1.807, 2.05) is 0 Å². The average molecular weight is 165 g/mol. The molecule has 0 fully saturated rings. The number of H-pyrrole nitrogens is 1. The second-order valence-electron chi connectivity index (χ2n) is 1.72. The van der Waals surface area contributed by atoms with E-state index in [9.17, 15) is 18.1 Å². The van der Waals surface area contributed by atoms with Gasteiger partial charge in [0.05, 0.1) is 6.20 Å². The number of nitroso groups, excluding NO2 is 1. The highest BCUT2D eigenvalue weighted by atomic mass is 19.4. The van der Waals surface area contributed by atoms with Gasteiger partial charge >= 0.3 is 6.18 Å². The Kier molecular flexibility index (Phi) is 1.63. The zero-order valence-corrected chi connectivity index (χ0v) is 5.01. The fourth-order valence-electron chi connectivity index (χ4n) is 0.558. The fourth-order valence-corrected chi connectivity index (χ4v) is 0.558. The lowest BCUT2D eigenvalue weighted by Gasteiger charge is -2.00. The molecule has 0 saturated carbocycles. The Balaban J connectivity index is 3.12. The van der Waals surface area contributed by atoms with Gasteiger partial charge in [-0.25, -0.2) is 0 Å². The molecule has 1 N–H and O–H groups in total. The highest BCUT2D eigenvalue weighted by Gasteiger charge is 2.36. The first kappa shape index (κ1) is 7.70. The van der Waals surface area contributed by atoms with E-state index in [2.05, 4.69) is 10.3 Å². The van der Waals surface area contributed by atoms with Crippen LogP contribution in [0, 0.1) is 4.91 Å². The summed E-state index contributed by atoms with van der Waals surface area (Å²) in [5, 5.41) is 6.78. The third kappa shape index (κ3) is 1.36. The summed E-state index contributed by atoms with van der Waals surface area (Å²) < 4.78 is 35.4. The van der Waals surface area contributed by atoms with Gasteiger partial charge in [-0.1, -0.05) is 0 Å². The predicted octanol–water partition coefficient (Wildman–Crippen LogP) is 1.83. The summed E-state index contributed by atoms with van der Waals surface area (Å²) in [5.74, 6) is 0. The summed E-state index contributed by atoms with van der Waals surface area (Å²) in [4.78, 5) is 9.73. The number of aromatic nitrogens is 2. The molecule has 0 atom stereocenters. The van der Waals surface area contributed by atoms with Crippen LogP contribution in [0.25, 0.3) is 0 Å². The second kappa shape index (κ2) is 2.33. The Morgan fingerprint density at radius 2 is 2.18 bits per heavy atom. The van der Waals surface area contributed by atoms with E-state index in [1.165, 1.54) is 0 Å². The molecule has 0 radical (unpaired) electrons. The van der Waals surface area contributed by atoms with Crippen molar-refractivity contribution in [1.82, 2.24) is 10.2 Å². The van der Waals surface area contributed by atoms with Gasteiger partial charge in [0.15, 0.2) is 11.4 Å². The van der Waals surface area contributed by atoms with Crippen molar-refractivity contribution in [3.63, 3.8) is 0 Å². The van der Waals surface area contributed by atoms with Crippen LogP contribution in [-0.2, 0) is 6.18 Å². The largest absolute Gasteiger partial charge is 0.435 e. The smallest absolute Gasteiger partial charge is 0.272 e. The van der Waals surface area contributed by atoms with Gasteiger partial charge in [0, 0.05) is 0 Å². The van der Waals surface area contributed by atoms with Crippen LogP contribution in [0.3, 0.4) is 0 Å². The van der Waals surface area contributed by atoms with Crippen molar-refractivity contribution >= 4 is 5.69 Å². The molecule has 1 heterocycles. The Labute approximate surface area is 58.4 Å². The minimum atomic E-state index is -4.60. The summed E-state index contributed by atoms with van der Waals surface area (Å²) in [6.07, 6.45) is -3.88. The van der Waals surface area contributed by atoms with E-state index < -0.39 is 17.6 Å². The molecule has 0 saturated heterocycles. The van der Waals surface area contributed by atoms with Crippen molar-refractivity contribution in [2.45, 2.75) is 6.18 Å². The maximum Gasteiger partial charge on any atom is 0.435 e. The van der Waals surface area contributed by atoms with Gasteiger partial charge in [-0.15, -0.1) is 4.91 Å². The minimum Gasteiger partial charge on any atom is -0.272 e. The number of alkyl halides is 3. The van der Waals surface area contributed by atoms with Crippen LogP contribution in [0.5, 0.6) is 0 Å². The van der Waals surface area contributed by atoms with Gasteiger partial charge in [-0.2, -0.15) is 18.3 Å². The van der Waals surface area contributed by atoms with E-state index >= 15 is 0 Å². The van der Waals surface area contributed by atoms with Crippen LogP contribution in [0.2, 0.25) is 0 Å². The van der Waals surface area contributed by atoms with Crippen LogP contribution >= 0.6 is 0 Å². The van der Waals surface area contributed by atoms with Crippen LogP contribution in [0.4, 0.5) is 18.9 Å². The van der Waals surface area contributed by atoms with Crippen LogP contribution in [-0.4, -0.2) is 10.2 Å².